The first-order valence-electron chi connectivity index (χ1n) is 7.32. The maximum Gasteiger partial charge on any atom is 0.307 e. The number of hydrogen-bond donors (Lipinski definition) is 1. The molecule has 4 heteroatoms. The molecule has 2 aliphatic heterocycles. The number of carbonyl (C=O) groups is 1. The predicted octanol–water partition coefficient (Wildman–Crippen LogP) is 1.66. The Balaban J connectivity index is 1.78. The lowest BCUT2D eigenvalue weighted by Crippen LogP contribution is -2.46. The molecule has 2 heterocycles. The van der Waals surface area contributed by atoms with Crippen LogP contribution >= 0.6 is 0 Å². The van der Waals surface area contributed by atoms with Crippen LogP contribution in [0.4, 0.5) is 0 Å². The van der Waals surface area contributed by atoms with Crippen molar-refractivity contribution in [1.29, 1.82) is 0 Å². The SMILES string of the molecule is CCC(C)N1CCC(N2CCC(C(=O)O)C2)CC1. The molecular formula is C14H26N2O2. The minimum absolute atomic E-state index is 0.127. The summed E-state index contributed by atoms with van der Waals surface area (Å²) in [5.41, 5.74) is 0. The first kappa shape index (κ1) is 13.8. The molecule has 2 fully saturated rings. The molecule has 104 valence electrons. The van der Waals surface area contributed by atoms with Crippen molar-refractivity contribution < 1.29 is 9.90 Å². The Morgan fingerprint density at radius 1 is 1.28 bits per heavy atom. The zero-order valence-corrected chi connectivity index (χ0v) is 11.6. The average Bonchev–Trinajstić information content (AvgIpc) is 2.88. The molecule has 0 bridgehead atoms. The largest absolute Gasteiger partial charge is 0.481 e. The van der Waals surface area contributed by atoms with Crippen LogP contribution in [-0.4, -0.2) is 59.1 Å². The highest BCUT2D eigenvalue weighted by Crippen LogP contribution is 2.25. The molecule has 0 saturated carbocycles. The van der Waals surface area contributed by atoms with Gasteiger partial charge in [0.25, 0.3) is 0 Å². The van der Waals surface area contributed by atoms with Crippen LogP contribution in [0.1, 0.15) is 39.5 Å². The van der Waals surface area contributed by atoms with Gasteiger partial charge in [-0.2, -0.15) is 0 Å². The molecule has 1 N–H and O–H groups in total. The van der Waals surface area contributed by atoms with Gasteiger partial charge >= 0.3 is 5.97 Å². The first-order chi connectivity index (χ1) is 8.61. The fourth-order valence-electron chi connectivity index (χ4n) is 3.27. The molecule has 0 spiro atoms. The maximum atomic E-state index is 11.0. The molecule has 4 nitrogen and oxygen atoms in total. The first-order valence-corrected chi connectivity index (χ1v) is 7.32. The quantitative estimate of drug-likeness (QED) is 0.828. The van der Waals surface area contributed by atoms with Crippen LogP contribution < -0.4 is 0 Å². The Labute approximate surface area is 110 Å². The molecule has 2 aliphatic rings. The zero-order chi connectivity index (χ0) is 13.1. The van der Waals surface area contributed by atoms with E-state index in [1.54, 1.807) is 0 Å². The van der Waals surface area contributed by atoms with Crippen LogP contribution in [0.3, 0.4) is 0 Å². The van der Waals surface area contributed by atoms with Crippen LogP contribution in [0.2, 0.25) is 0 Å². The van der Waals surface area contributed by atoms with E-state index in [1.165, 1.54) is 32.4 Å². The molecular weight excluding hydrogens is 228 g/mol. The van der Waals surface area contributed by atoms with Crippen molar-refractivity contribution in [1.82, 2.24) is 9.80 Å². The number of hydrogen-bond acceptors (Lipinski definition) is 3. The summed E-state index contributed by atoms with van der Waals surface area (Å²) in [4.78, 5) is 16.0. The number of rotatable bonds is 4. The fourth-order valence-corrected chi connectivity index (χ4v) is 3.27. The lowest BCUT2D eigenvalue weighted by Gasteiger charge is -2.39. The Morgan fingerprint density at radius 3 is 2.44 bits per heavy atom. The third-order valence-corrected chi connectivity index (χ3v) is 4.80. The summed E-state index contributed by atoms with van der Waals surface area (Å²) in [6.45, 7) is 8.64. The lowest BCUT2D eigenvalue weighted by atomic mass is 10.0. The molecule has 2 rings (SSSR count). The summed E-state index contributed by atoms with van der Waals surface area (Å²) in [7, 11) is 0. The van der Waals surface area contributed by atoms with E-state index in [0.29, 0.717) is 12.1 Å². The van der Waals surface area contributed by atoms with Crippen molar-refractivity contribution in [2.75, 3.05) is 26.2 Å². The van der Waals surface area contributed by atoms with Gasteiger partial charge in [-0.15, -0.1) is 0 Å². The van der Waals surface area contributed by atoms with Gasteiger partial charge in [0, 0.05) is 18.6 Å². The van der Waals surface area contributed by atoms with E-state index in [4.69, 9.17) is 5.11 Å². The minimum Gasteiger partial charge on any atom is -0.481 e. The number of carboxylic acid groups (broad SMARTS) is 1. The van der Waals surface area contributed by atoms with Crippen molar-refractivity contribution in [3.63, 3.8) is 0 Å². The van der Waals surface area contributed by atoms with Gasteiger partial charge in [0.05, 0.1) is 5.92 Å². The molecule has 0 aromatic carbocycles. The van der Waals surface area contributed by atoms with E-state index in [0.717, 1.165) is 19.5 Å². The minimum atomic E-state index is -0.616. The average molecular weight is 254 g/mol. The smallest absolute Gasteiger partial charge is 0.307 e. The van der Waals surface area contributed by atoms with Crippen LogP contribution in [0, 0.1) is 5.92 Å². The Kier molecular flexibility index (Phi) is 4.62. The fraction of sp³-hybridized carbons (Fsp3) is 0.929. The van der Waals surface area contributed by atoms with Crippen molar-refractivity contribution in [3.05, 3.63) is 0 Å². The normalized spacial score (nSPS) is 29.6. The molecule has 18 heavy (non-hydrogen) atoms. The summed E-state index contributed by atoms with van der Waals surface area (Å²) < 4.78 is 0. The summed E-state index contributed by atoms with van der Waals surface area (Å²) in [5.74, 6) is -0.743. The van der Waals surface area contributed by atoms with Gasteiger partial charge in [0.15, 0.2) is 0 Å². The molecule has 2 saturated heterocycles. The van der Waals surface area contributed by atoms with Gasteiger partial charge in [-0.1, -0.05) is 6.92 Å². The van der Waals surface area contributed by atoms with E-state index in [1.807, 2.05) is 0 Å². The molecule has 0 amide bonds. The molecule has 2 unspecified atom stereocenters. The molecule has 0 aromatic heterocycles. The third kappa shape index (κ3) is 3.04. The molecule has 0 aliphatic carbocycles. The van der Waals surface area contributed by atoms with Crippen LogP contribution in [0.25, 0.3) is 0 Å². The highest BCUT2D eigenvalue weighted by molar-refractivity contribution is 5.70. The van der Waals surface area contributed by atoms with Gasteiger partial charge in [-0.3, -0.25) is 9.69 Å². The zero-order valence-electron chi connectivity index (χ0n) is 11.6. The monoisotopic (exact) mass is 254 g/mol. The van der Waals surface area contributed by atoms with E-state index in [-0.39, 0.29) is 5.92 Å². The van der Waals surface area contributed by atoms with E-state index < -0.39 is 5.97 Å². The van der Waals surface area contributed by atoms with Gasteiger partial charge < -0.3 is 10.0 Å². The van der Waals surface area contributed by atoms with Crippen LogP contribution in [-0.2, 0) is 4.79 Å². The Hall–Kier alpha value is -0.610. The highest BCUT2D eigenvalue weighted by atomic mass is 16.4. The van der Waals surface area contributed by atoms with Crippen molar-refractivity contribution in [2.45, 2.75) is 51.6 Å². The Morgan fingerprint density at radius 2 is 1.94 bits per heavy atom. The second-order valence-electron chi connectivity index (χ2n) is 5.84. The second-order valence-corrected chi connectivity index (χ2v) is 5.84. The summed E-state index contributed by atoms with van der Waals surface area (Å²) >= 11 is 0. The number of nitrogens with zero attached hydrogens (tertiary/aromatic N) is 2. The maximum absolute atomic E-state index is 11.0. The topological polar surface area (TPSA) is 43.8 Å². The van der Waals surface area contributed by atoms with E-state index in [9.17, 15) is 4.79 Å². The van der Waals surface area contributed by atoms with E-state index in [2.05, 4.69) is 23.6 Å². The van der Waals surface area contributed by atoms with Crippen molar-refractivity contribution in [3.8, 4) is 0 Å². The number of aliphatic carboxylic acids is 1. The van der Waals surface area contributed by atoms with Crippen LogP contribution in [0.5, 0.6) is 0 Å². The van der Waals surface area contributed by atoms with Gasteiger partial charge in [-0.05, 0) is 52.2 Å². The summed E-state index contributed by atoms with van der Waals surface area (Å²) in [5, 5.41) is 9.04. The van der Waals surface area contributed by atoms with Gasteiger partial charge in [0.2, 0.25) is 0 Å². The number of piperidine rings is 1. The molecule has 0 radical (unpaired) electrons. The Bertz CT molecular complexity index is 288. The highest BCUT2D eigenvalue weighted by Gasteiger charge is 2.34. The van der Waals surface area contributed by atoms with E-state index >= 15 is 0 Å². The predicted molar refractivity (Wildman–Crippen MR) is 71.7 cm³/mol. The standard InChI is InChI=1S/C14H26N2O2/c1-3-11(2)15-8-5-13(6-9-15)16-7-4-12(10-16)14(17)18/h11-13H,3-10H2,1-2H3,(H,17,18). The van der Waals surface area contributed by atoms with Crippen molar-refractivity contribution >= 4 is 5.97 Å². The third-order valence-electron chi connectivity index (χ3n) is 4.80. The van der Waals surface area contributed by atoms with Gasteiger partial charge in [0.1, 0.15) is 0 Å². The molecule has 2 atom stereocenters. The molecule has 0 aromatic rings. The number of carboxylic acids is 1. The van der Waals surface area contributed by atoms with Crippen LogP contribution in [0.15, 0.2) is 0 Å². The second kappa shape index (κ2) is 6.02. The van der Waals surface area contributed by atoms with Crippen molar-refractivity contribution in [2.24, 2.45) is 5.92 Å². The summed E-state index contributed by atoms with van der Waals surface area (Å²) in [6.07, 6.45) is 4.46. The lowest BCUT2D eigenvalue weighted by molar-refractivity contribution is -0.141. The van der Waals surface area contributed by atoms with Gasteiger partial charge in [-0.25, -0.2) is 0 Å². The summed E-state index contributed by atoms with van der Waals surface area (Å²) in [6, 6.07) is 1.31. The number of likely N-dealkylation sites (tertiary alicyclic amines) is 2.